The molecule has 1 aliphatic heterocycles. The van der Waals surface area contributed by atoms with Gasteiger partial charge in [-0.15, -0.1) is 0 Å². The molecule has 0 radical (unpaired) electrons. The molecular weight excluding hydrogens is 344 g/mol. The van der Waals surface area contributed by atoms with E-state index >= 15 is 0 Å². The maximum Gasteiger partial charge on any atom is 0.272 e. The van der Waals surface area contributed by atoms with Crippen molar-refractivity contribution in [1.82, 2.24) is 9.97 Å². The second-order valence-corrected chi connectivity index (χ2v) is 6.61. The van der Waals surface area contributed by atoms with Crippen molar-refractivity contribution in [1.29, 1.82) is 0 Å². The molecule has 5 rings (SSSR count). The second-order valence-electron chi connectivity index (χ2n) is 6.61. The molecule has 0 amide bonds. The summed E-state index contributed by atoms with van der Waals surface area (Å²) >= 11 is 0. The number of fused-ring (bicyclic) bond motifs is 3. The Hall–Kier alpha value is -3.09. The molecule has 0 saturated carbocycles. The summed E-state index contributed by atoms with van der Waals surface area (Å²) in [6.45, 7) is 1.85. The topological polar surface area (TPSA) is 76.3 Å². The Morgan fingerprint density at radius 1 is 1.04 bits per heavy atom. The number of nitrogens with one attached hydrogen (secondary N) is 2. The van der Waals surface area contributed by atoms with Gasteiger partial charge < -0.3 is 24.2 Å². The minimum atomic E-state index is -0.455. The van der Waals surface area contributed by atoms with Crippen LogP contribution in [0.4, 0.5) is 0 Å². The van der Waals surface area contributed by atoms with Gasteiger partial charge >= 0.3 is 0 Å². The van der Waals surface area contributed by atoms with Crippen LogP contribution in [0.2, 0.25) is 0 Å². The van der Waals surface area contributed by atoms with E-state index in [2.05, 4.69) is 16.0 Å². The molecule has 0 bridgehead atoms. The van der Waals surface area contributed by atoms with Gasteiger partial charge in [-0.2, -0.15) is 0 Å². The number of aromatic nitrogens is 2. The van der Waals surface area contributed by atoms with Gasteiger partial charge in [-0.25, -0.2) is 0 Å². The first-order valence-corrected chi connectivity index (χ1v) is 8.76. The predicted molar refractivity (Wildman–Crippen MR) is 103 cm³/mol. The summed E-state index contributed by atoms with van der Waals surface area (Å²) in [6, 6.07) is 13.9. The van der Waals surface area contributed by atoms with Crippen LogP contribution < -0.4 is 10.3 Å². The third kappa shape index (κ3) is 2.53. The monoisotopic (exact) mass is 362 g/mol. The Labute approximate surface area is 154 Å². The zero-order chi connectivity index (χ0) is 18.5. The Kier molecular flexibility index (Phi) is 3.56. The molecule has 1 aliphatic rings. The number of ether oxygens (including phenoxy) is 3. The van der Waals surface area contributed by atoms with Crippen LogP contribution in [0, 0.1) is 0 Å². The van der Waals surface area contributed by atoms with E-state index in [1.165, 1.54) is 0 Å². The van der Waals surface area contributed by atoms with Gasteiger partial charge in [0.15, 0.2) is 12.6 Å². The van der Waals surface area contributed by atoms with Crippen molar-refractivity contribution in [3.05, 3.63) is 64.6 Å². The first-order valence-electron chi connectivity index (χ1n) is 8.76. The van der Waals surface area contributed by atoms with Gasteiger partial charge in [0.05, 0.1) is 7.11 Å². The molecule has 2 aromatic heterocycles. The summed E-state index contributed by atoms with van der Waals surface area (Å²) < 4.78 is 16.5. The van der Waals surface area contributed by atoms with Crippen LogP contribution in [0.25, 0.3) is 32.9 Å². The minimum absolute atomic E-state index is 0.159. The van der Waals surface area contributed by atoms with Gasteiger partial charge in [-0.1, -0.05) is 18.2 Å². The average molecular weight is 362 g/mol. The van der Waals surface area contributed by atoms with Crippen molar-refractivity contribution in [2.45, 2.75) is 19.5 Å². The highest BCUT2D eigenvalue weighted by atomic mass is 16.9. The number of hydrogen-bond donors (Lipinski definition) is 2. The molecule has 0 aliphatic carbocycles. The lowest BCUT2D eigenvalue weighted by atomic mass is 10.00. The summed E-state index contributed by atoms with van der Waals surface area (Å²) in [4.78, 5) is 18.4. The lowest BCUT2D eigenvalue weighted by Crippen LogP contribution is -2.31. The molecule has 6 nitrogen and oxygen atoms in total. The van der Waals surface area contributed by atoms with Gasteiger partial charge in [-0.3, -0.25) is 4.79 Å². The highest BCUT2D eigenvalue weighted by molar-refractivity contribution is 6.07. The fourth-order valence-electron chi connectivity index (χ4n) is 3.61. The average Bonchev–Trinajstić information content (AvgIpc) is 3.11. The van der Waals surface area contributed by atoms with E-state index in [1.807, 2.05) is 43.3 Å². The highest BCUT2D eigenvalue weighted by Gasteiger charge is 2.31. The quantitative estimate of drug-likeness (QED) is 0.576. The SMILES string of the molecule is COc1ccc(-c2ccc3[nH]c(=O)c4[nH]cc(C5OC(C)O5)c4c3c2)cc1. The smallest absolute Gasteiger partial charge is 0.272 e. The van der Waals surface area contributed by atoms with Crippen LogP contribution in [0.15, 0.2) is 53.5 Å². The number of methoxy groups -OCH3 is 1. The highest BCUT2D eigenvalue weighted by Crippen LogP contribution is 2.38. The summed E-state index contributed by atoms with van der Waals surface area (Å²) in [5.74, 6) is 0.813. The van der Waals surface area contributed by atoms with Gasteiger partial charge in [0, 0.05) is 28.0 Å². The van der Waals surface area contributed by atoms with Crippen LogP contribution >= 0.6 is 0 Å². The molecule has 136 valence electrons. The standard InChI is InChI=1S/C21H18N2O4/c1-11-26-21(27-11)16-10-22-19-18(16)15-9-13(5-8-17(15)23-20(19)24)12-3-6-14(25-2)7-4-12/h3-11,21-22H,1-2H3,(H,23,24). The van der Waals surface area contributed by atoms with E-state index < -0.39 is 6.29 Å². The number of hydrogen-bond acceptors (Lipinski definition) is 4. The number of pyridine rings is 1. The molecule has 3 heterocycles. The zero-order valence-corrected chi connectivity index (χ0v) is 14.9. The lowest BCUT2D eigenvalue weighted by molar-refractivity contribution is -0.382. The minimum Gasteiger partial charge on any atom is -0.497 e. The van der Waals surface area contributed by atoms with Gasteiger partial charge in [0.2, 0.25) is 0 Å². The fraction of sp³-hybridized carbons (Fsp3) is 0.190. The zero-order valence-electron chi connectivity index (χ0n) is 14.9. The van der Waals surface area contributed by atoms with Crippen LogP contribution in [0.3, 0.4) is 0 Å². The first-order chi connectivity index (χ1) is 13.1. The van der Waals surface area contributed by atoms with Crippen molar-refractivity contribution in [2.75, 3.05) is 7.11 Å². The Balaban J connectivity index is 1.72. The van der Waals surface area contributed by atoms with E-state index in [0.717, 1.165) is 38.7 Å². The number of rotatable bonds is 3. The largest absolute Gasteiger partial charge is 0.497 e. The maximum atomic E-state index is 12.4. The number of H-pyrrole nitrogens is 2. The summed E-state index contributed by atoms with van der Waals surface area (Å²) in [5.41, 5.74) is 4.10. The molecule has 1 fully saturated rings. The van der Waals surface area contributed by atoms with E-state index in [-0.39, 0.29) is 11.8 Å². The third-order valence-corrected chi connectivity index (χ3v) is 4.98. The maximum absolute atomic E-state index is 12.4. The molecule has 27 heavy (non-hydrogen) atoms. The summed E-state index contributed by atoms with van der Waals surface area (Å²) in [6.07, 6.45) is 1.10. The Morgan fingerprint density at radius 2 is 1.78 bits per heavy atom. The van der Waals surface area contributed by atoms with Gasteiger partial charge in [-0.05, 0) is 42.3 Å². The van der Waals surface area contributed by atoms with E-state index in [4.69, 9.17) is 14.2 Å². The normalized spacial score (nSPS) is 19.3. The van der Waals surface area contributed by atoms with Crippen LogP contribution in [0.5, 0.6) is 5.75 Å². The Bertz CT molecular complexity index is 1200. The number of benzene rings is 2. The van der Waals surface area contributed by atoms with Gasteiger partial charge in [0.1, 0.15) is 11.3 Å². The molecule has 0 atom stereocenters. The molecule has 1 saturated heterocycles. The van der Waals surface area contributed by atoms with Crippen molar-refractivity contribution in [3.8, 4) is 16.9 Å². The van der Waals surface area contributed by atoms with E-state index in [1.54, 1.807) is 13.3 Å². The van der Waals surface area contributed by atoms with Crippen molar-refractivity contribution >= 4 is 21.8 Å². The molecule has 0 spiro atoms. The van der Waals surface area contributed by atoms with Crippen LogP contribution in [-0.4, -0.2) is 23.4 Å². The molecular formula is C21H18N2O4. The Morgan fingerprint density at radius 3 is 2.48 bits per heavy atom. The molecule has 2 aromatic carbocycles. The summed E-state index contributed by atoms with van der Waals surface area (Å²) in [7, 11) is 1.65. The fourth-order valence-corrected chi connectivity index (χ4v) is 3.61. The summed E-state index contributed by atoms with van der Waals surface area (Å²) in [5, 5.41) is 1.78. The van der Waals surface area contributed by atoms with Gasteiger partial charge in [0.25, 0.3) is 5.56 Å². The first kappa shape index (κ1) is 16.1. The predicted octanol–water partition coefficient (Wildman–Crippen LogP) is 4.08. The van der Waals surface area contributed by atoms with Crippen LogP contribution in [0.1, 0.15) is 18.8 Å². The molecule has 6 heteroatoms. The van der Waals surface area contributed by atoms with Crippen molar-refractivity contribution < 1.29 is 14.2 Å². The third-order valence-electron chi connectivity index (χ3n) is 4.98. The van der Waals surface area contributed by atoms with Crippen molar-refractivity contribution in [3.63, 3.8) is 0 Å². The molecule has 4 aromatic rings. The second kappa shape index (κ2) is 5.97. The number of aromatic amines is 2. The molecule has 0 unspecified atom stereocenters. The van der Waals surface area contributed by atoms with Crippen molar-refractivity contribution in [2.24, 2.45) is 0 Å². The van der Waals surface area contributed by atoms with E-state index in [0.29, 0.717) is 5.52 Å². The lowest BCUT2D eigenvalue weighted by Gasteiger charge is -2.33. The van der Waals surface area contributed by atoms with Crippen LogP contribution in [-0.2, 0) is 9.47 Å². The molecule has 2 N–H and O–H groups in total. The van der Waals surface area contributed by atoms with E-state index in [9.17, 15) is 4.79 Å².